The molecule has 21 heavy (non-hydrogen) atoms. The largest absolute Gasteiger partial charge is 0.313 e. The van der Waals surface area contributed by atoms with Crippen molar-refractivity contribution in [1.82, 2.24) is 10.3 Å². The molecule has 0 radical (unpaired) electrons. The van der Waals surface area contributed by atoms with Crippen molar-refractivity contribution in [3.05, 3.63) is 66.2 Å². The molecule has 0 saturated heterocycles. The summed E-state index contributed by atoms with van der Waals surface area (Å²) in [5.41, 5.74) is 2.63. The molecule has 3 aromatic rings. The minimum atomic E-state index is -0.195. The number of nitrogens with one attached hydrogen (secondary N) is 1. The predicted molar refractivity (Wildman–Crippen MR) is 84.5 cm³/mol. The van der Waals surface area contributed by atoms with E-state index in [1.54, 1.807) is 18.5 Å². The Kier molecular flexibility index (Phi) is 3.93. The van der Waals surface area contributed by atoms with Crippen LogP contribution in [-0.2, 0) is 6.54 Å². The average Bonchev–Trinajstić information content (AvgIpc) is 2.54. The molecule has 0 aliphatic rings. The minimum Gasteiger partial charge on any atom is -0.313 e. The maximum Gasteiger partial charge on any atom is 0.131 e. The number of aromatic nitrogens is 1. The molecule has 0 aliphatic heterocycles. The number of halogens is 1. The monoisotopic (exact) mass is 280 g/mol. The Hall–Kier alpha value is -2.26. The van der Waals surface area contributed by atoms with E-state index in [0.29, 0.717) is 5.56 Å². The van der Waals surface area contributed by atoms with Crippen molar-refractivity contribution in [2.45, 2.75) is 13.5 Å². The van der Waals surface area contributed by atoms with E-state index in [0.717, 1.165) is 35.0 Å². The van der Waals surface area contributed by atoms with Crippen LogP contribution in [0.1, 0.15) is 12.5 Å². The summed E-state index contributed by atoms with van der Waals surface area (Å²) in [5, 5.41) is 5.31. The van der Waals surface area contributed by atoms with Crippen molar-refractivity contribution in [3.8, 4) is 11.1 Å². The zero-order chi connectivity index (χ0) is 14.7. The Bertz CT molecular complexity index is 763. The molecule has 0 saturated carbocycles. The van der Waals surface area contributed by atoms with Crippen LogP contribution in [0.3, 0.4) is 0 Å². The van der Waals surface area contributed by atoms with Crippen LogP contribution in [0, 0.1) is 5.82 Å². The molecule has 0 fully saturated rings. The zero-order valence-electron chi connectivity index (χ0n) is 11.9. The van der Waals surface area contributed by atoms with Crippen molar-refractivity contribution in [2.75, 3.05) is 6.54 Å². The summed E-state index contributed by atoms with van der Waals surface area (Å²) < 4.78 is 14.3. The number of hydrogen-bond acceptors (Lipinski definition) is 2. The van der Waals surface area contributed by atoms with Crippen LogP contribution in [-0.4, -0.2) is 11.5 Å². The van der Waals surface area contributed by atoms with Gasteiger partial charge in [-0.05, 0) is 41.3 Å². The molecule has 0 spiro atoms. The summed E-state index contributed by atoms with van der Waals surface area (Å²) in [6.07, 6.45) is 3.55. The van der Waals surface area contributed by atoms with Crippen molar-refractivity contribution in [1.29, 1.82) is 0 Å². The molecule has 2 nitrogen and oxygen atoms in total. The second-order valence-electron chi connectivity index (χ2n) is 5.00. The highest BCUT2D eigenvalue weighted by atomic mass is 19.1. The number of benzene rings is 2. The third kappa shape index (κ3) is 2.78. The third-order valence-corrected chi connectivity index (χ3v) is 3.58. The van der Waals surface area contributed by atoms with Gasteiger partial charge in [-0.2, -0.15) is 0 Å². The summed E-state index contributed by atoms with van der Waals surface area (Å²) in [6.45, 7) is 3.70. The molecule has 0 unspecified atom stereocenters. The highest BCUT2D eigenvalue weighted by Gasteiger charge is 2.09. The van der Waals surface area contributed by atoms with Gasteiger partial charge in [-0.25, -0.2) is 4.39 Å². The molecule has 1 N–H and O–H groups in total. The maximum absolute atomic E-state index is 14.3. The minimum absolute atomic E-state index is 0.195. The highest BCUT2D eigenvalue weighted by molar-refractivity contribution is 5.96. The topological polar surface area (TPSA) is 24.9 Å². The lowest BCUT2D eigenvalue weighted by Crippen LogP contribution is -2.11. The van der Waals surface area contributed by atoms with Crippen LogP contribution in [0.4, 0.5) is 4.39 Å². The quantitative estimate of drug-likeness (QED) is 0.776. The SMILES string of the molecule is CCNCc1ccc(F)c(-c2cccc3cnccc23)c1. The molecule has 0 aliphatic carbocycles. The molecule has 0 atom stereocenters. The van der Waals surface area contributed by atoms with Gasteiger partial charge in [0.05, 0.1) is 0 Å². The molecule has 3 rings (SSSR count). The van der Waals surface area contributed by atoms with Gasteiger partial charge >= 0.3 is 0 Å². The standard InChI is InChI=1S/C18H17FN2/c1-2-20-11-13-6-7-18(19)17(10-13)16-5-3-4-14-12-21-9-8-15(14)16/h3-10,12,20H,2,11H2,1H3. The maximum atomic E-state index is 14.3. The Labute approximate surface area is 123 Å². The van der Waals surface area contributed by atoms with E-state index in [4.69, 9.17) is 0 Å². The van der Waals surface area contributed by atoms with Gasteiger partial charge in [-0.15, -0.1) is 0 Å². The summed E-state index contributed by atoms with van der Waals surface area (Å²) in [5.74, 6) is -0.195. The molecule has 0 amide bonds. The second kappa shape index (κ2) is 6.02. The van der Waals surface area contributed by atoms with E-state index < -0.39 is 0 Å². The van der Waals surface area contributed by atoms with E-state index in [2.05, 4.69) is 17.2 Å². The van der Waals surface area contributed by atoms with Crippen LogP contribution >= 0.6 is 0 Å². The number of nitrogens with zero attached hydrogens (tertiary/aromatic N) is 1. The second-order valence-corrected chi connectivity index (χ2v) is 5.00. The smallest absolute Gasteiger partial charge is 0.131 e. The molecule has 0 bridgehead atoms. The Morgan fingerprint density at radius 1 is 1.10 bits per heavy atom. The van der Waals surface area contributed by atoms with Crippen LogP contribution in [0.5, 0.6) is 0 Å². The Morgan fingerprint density at radius 2 is 2.00 bits per heavy atom. The Balaban J connectivity index is 2.13. The van der Waals surface area contributed by atoms with E-state index >= 15 is 0 Å². The molecule has 2 aromatic carbocycles. The van der Waals surface area contributed by atoms with E-state index in [9.17, 15) is 4.39 Å². The van der Waals surface area contributed by atoms with Gasteiger partial charge in [0.25, 0.3) is 0 Å². The van der Waals surface area contributed by atoms with Gasteiger partial charge in [0, 0.05) is 29.9 Å². The third-order valence-electron chi connectivity index (χ3n) is 3.58. The van der Waals surface area contributed by atoms with Gasteiger partial charge in [0.1, 0.15) is 5.82 Å². The van der Waals surface area contributed by atoms with Crippen molar-refractivity contribution >= 4 is 10.8 Å². The molecular formula is C18H17FN2. The lowest BCUT2D eigenvalue weighted by atomic mass is 9.97. The van der Waals surface area contributed by atoms with Crippen LogP contribution < -0.4 is 5.32 Å². The predicted octanol–water partition coefficient (Wildman–Crippen LogP) is 4.15. The van der Waals surface area contributed by atoms with Gasteiger partial charge < -0.3 is 5.32 Å². The molecule has 3 heteroatoms. The van der Waals surface area contributed by atoms with Gasteiger partial charge in [0.2, 0.25) is 0 Å². The van der Waals surface area contributed by atoms with Crippen molar-refractivity contribution in [2.24, 2.45) is 0 Å². The first kappa shape index (κ1) is 13.7. The fourth-order valence-electron chi connectivity index (χ4n) is 2.52. The zero-order valence-corrected chi connectivity index (χ0v) is 11.9. The molecule has 1 heterocycles. The molecule has 1 aromatic heterocycles. The summed E-state index contributed by atoms with van der Waals surface area (Å²) in [7, 11) is 0. The Morgan fingerprint density at radius 3 is 2.86 bits per heavy atom. The van der Waals surface area contributed by atoms with Crippen LogP contribution in [0.25, 0.3) is 21.9 Å². The summed E-state index contributed by atoms with van der Waals surface area (Å²) in [4.78, 5) is 4.12. The van der Waals surface area contributed by atoms with E-state index in [1.165, 1.54) is 0 Å². The number of fused-ring (bicyclic) bond motifs is 1. The summed E-state index contributed by atoms with van der Waals surface area (Å²) >= 11 is 0. The fourth-order valence-corrected chi connectivity index (χ4v) is 2.52. The highest BCUT2D eigenvalue weighted by Crippen LogP contribution is 2.30. The lowest BCUT2D eigenvalue weighted by molar-refractivity contribution is 0.629. The average molecular weight is 280 g/mol. The van der Waals surface area contributed by atoms with Crippen LogP contribution in [0.15, 0.2) is 54.9 Å². The van der Waals surface area contributed by atoms with E-state index in [-0.39, 0.29) is 5.82 Å². The van der Waals surface area contributed by atoms with Gasteiger partial charge in [-0.3, -0.25) is 4.98 Å². The number of hydrogen-bond donors (Lipinski definition) is 1. The van der Waals surface area contributed by atoms with Crippen molar-refractivity contribution < 1.29 is 4.39 Å². The fraction of sp³-hybridized carbons (Fsp3) is 0.167. The van der Waals surface area contributed by atoms with Gasteiger partial charge in [-0.1, -0.05) is 31.2 Å². The molecular weight excluding hydrogens is 263 g/mol. The normalized spacial score (nSPS) is 11.0. The first-order valence-corrected chi connectivity index (χ1v) is 7.12. The number of rotatable bonds is 4. The molecule has 106 valence electrons. The van der Waals surface area contributed by atoms with Crippen molar-refractivity contribution in [3.63, 3.8) is 0 Å². The first-order valence-electron chi connectivity index (χ1n) is 7.12. The van der Waals surface area contributed by atoms with Crippen LogP contribution in [0.2, 0.25) is 0 Å². The lowest BCUT2D eigenvalue weighted by Gasteiger charge is -2.10. The number of pyridine rings is 1. The van der Waals surface area contributed by atoms with Gasteiger partial charge in [0.15, 0.2) is 0 Å². The summed E-state index contributed by atoms with van der Waals surface area (Å²) in [6, 6.07) is 13.1. The first-order chi connectivity index (χ1) is 10.3. The van der Waals surface area contributed by atoms with E-state index in [1.807, 2.05) is 36.4 Å².